The van der Waals surface area contributed by atoms with Crippen LogP contribution in [0.15, 0.2) is 18.2 Å². The van der Waals surface area contributed by atoms with Gasteiger partial charge in [-0.25, -0.2) is 4.39 Å². The van der Waals surface area contributed by atoms with Crippen LogP contribution < -0.4 is 5.32 Å². The summed E-state index contributed by atoms with van der Waals surface area (Å²) in [7, 11) is 0. The van der Waals surface area contributed by atoms with Gasteiger partial charge in [0.2, 0.25) is 5.91 Å². The van der Waals surface area contributed by atoms with E-state index in [-0.39, 0.29) is 11.7 Å². The number of aromatic nitrogens is 2. The van der Waals surface area contributed by atoms with E-state index in [0.29, 0.717) is 19.0 Å². The van der Waals surface area contributed by atoms with Gasteiger partial charge < -0.3 is 5.32 Å². The highest BCUT2D eigenvalue weighted by Crippen LogP contribution is 2.25. The highest BCUT2D eigenvalue weighted by Gasteiger charge is 2.13. The van der Waals surface area contributed by atoms with Crippen molar-refractivity contribution in [1.82, 2.24) is 15.1 Å². The van der Waals surface area contributed by atoms with Crippen LogP contribution in [-0.4, -0.2) is 22.2 Å². The highest BCUT2D eigenvalue weighted by molar-refractivity contribution is 5.82. The van der Waals surface area contributed by atoms with Crippen LogP contribution in [0.4, 0.5) is 4.39 Å². The monoisotopic (exact) mass is 277 g/mol. The number of aryl methyl sites for hydroxylation is 1. The average molecular weight is 277 g/mol. The minimum absolute atomic E-state index is 0.0377. The van der Waals surface area contributed by atoms with E-state index in [1.165, 1.54) is 19.1 Å². The van der Waals surface area contributed by atoms with Crippen molar-refractivity contribution >= 4 is 16.8 Å². The molecule has 0 saturated heterocycles. The second-order valence-electron chi connectivity index (χ2n) is 5.26. The molecule has 4 nitrogen and oxygen atoms in total. The zero-order chi connectivity index (χ0) is 14.7. The van der Waals surface area contributed by atoms with Gasteiger partial charge in [0.25, 0.3) is 0 Å². The van der Waals surface area contributed by atoms with Gasteiger partial charge in [0.05, 0.1) is 11.2 Å². The Bertz CT molecular complexity index is 619. The van der Waals surface area contributed by atoms with Gasteiger partial charge in [0.15, 0.2) is 0 Å². The van der Waals surface area contributed by atoms with Gasteiger partial charge >= 0.3 is 0 Å². The molecule has 20 heavy (non-hydrogen) atoms. The maximum absolute atomic E-state index is 13.4. The lowest BCUT2D eigenvalue weighted by molar-refractivity contribution is -0.118. The first-order chi connectivity index (χ1) is 9.49. The molecule has 5 heteroatoms. The summed E-state index contributed by atoms with van der Waals surface area (Å²) in [5, 5.41) is 8.34. The summed E-state index contributed by atoms with van der Waals surface area (Å²) in [6.07, 6.45) is 0.768. The van der Waals surface area contributed by atoms with E-state index in [9.17, 15) is 9.18 Å². The van der Waals surface area contributed by atoms with Gasteiger partial charge in [-0.3, -0.25) is 9.48 Å². The molecule has 1 heterocycles. The minimum atomic E-state index is -0.254. The first kappa shape index (κ1) is 14.5. The Morgan fingerprint density at radius 2 is 2.20 bits per heavy atom. The standard InChI is InChI=1S/C15H20FN3O/c1-10(2)15-13-6-5-12(16)9-14(13)19(18-15)8-4-7-17-11(3)20/h5-6,9-10H,4,7-8H2,1-3H3,(H,17,20). The molecule has 0 spiro atoms. The van der Waals surface area contributed by atoms with Gasteiger partial charge in [0.1, 0.15) is 5.82 Å². The van der Waals surface area contributed by atoms with Crippen LogP contribution in [0, 0.1) is 5.82 Å². The molecule has 2 rings (SSSR count). The summed E-state index contributed by atoms with van der Waals surface area (Å²) in [6, 6.07) is 4.78. The second kappa shape index (κ2) is 6.03. The van der Waals surface area contributed by atoms with Gasteiger partial charge in [-0.15, -0.1) is 0 Å². The third-order valence-corrected chi connectivity index (χ3v) is 3.21. The van der Waals surface area contributed by atoms with Crippen LogP contribution in [0.25, 0.3) is 10.9 Å². The number of hydrogen-bond acceptors (Lipinski definition) is 2. The molecule has 0 atom stereocenters. The number of benzene rings is 1. The van der Waals surface area contributed by atoms with Gasteiger partial charge in [-0.2, -0.15) is 5.10 Å². The lowest BCUT2D eigenvalue weighted by atomic mass is 10.1. The van der Waals surface area contributed by atoms with Crippen LogP contribution >= 0.6 is 0 Å². The molecular formula is C15H20FN3O. The topological polar surface area (TPSA) is 46.9 Å². The zero-order valence-electron chi connectivity index (χ0n) is 12.1. The van der Waals surface area contributed by atoms with Crippen molar-refractivity contribution in [2.24, 2.45) is 0 Å². The van der Waals surface area contributed by atoms with Crippen molar-refractivity contribution in [2.45, 2.75) is 39.7 Å². The van der Waals surface area contributed by atoms with Gasteiger partial charge in [-0.1, -0.05) is 13.8 Å². The highest BCUT2D eigenvalue weighted by atomic mass is 19.1. The predicted octanol–water partition coefficient (Wildman–Crippen LogP) is 2.83. The molecule has 2 aromatic rings. The SMILES string of the molecule is CC(=O)NCCCn1nc(C(C)C)c2ccc(F)cc21. The molecule has 1 amide bonds. The third-order valence-electron chi connectivity index (χ3n) is 3.21. The van der Waals surface area contributed by atoms with Crippen LogP contribution in [-0.2, 0) is 11.3 Å². The van der Waals surface area contributed by atoms with Crippen molar-refractivity contribution in [2.75, 3.05) is 6.54 Å². The molecule has 0 bridgehead atoms. The molecule has 0 aliphatic carbocycles. The van der Waals surface area contributed by atoms with Crippen LogP contribution in [0.1, 0.15) is 38.8 Å². The summed E-state index contributed by atoms with van der Waals surface area (Å²) >= 11 is 0. The molecule has 0 radical (unpaired) electrons. The number of nitrogens with one attached hydrogen (secondary N) is 1. The fourth-order valence-corrected chi connectivity index (χ4v) is 2.26. The molecule has 0 aliphatic rings. The van der Waals surface area contributed by atoms with E-state index in [4.69, 9.17) is 0 Å². The van der Waals surface area contributed by atoms with Crippen LogP contribution in [0.3, 0.4) is 0 Å². The molecule has 1 aromatic carbocycles. The van der Waals surface area contributed by atoms with E-state index in [1.807, 2.05) is 4.68 Å². The van der Waals surface area contributed by atoms with Crippen molar-refractivity contribution < 1.29 is 9.18 Å². The number of fused-ring (bicyclic) bond motifs is 1. The number of nitrogens with zero attached hydrogens (tertiary/aromatic N) is 2. The molecule has 0 saturated carbocycles. The molecule has 1 N–H and O–H groups in total. The summed E-state index contributed by atoms with van der Waals surface area (Å²) < 4.78 is 15.3. The first-order valence-corrected chi connectivity index (χ1v) is 6.89. The van der Waals surface area contributed by atoms with E-state index in [0.717, 1.165) is 23.0 Å². The normalized spacial score (nSPS) is 11.2. The van der Waals surface area contributed by atoms with E-state index < -0.39 is 0 Å². The maximum atomic E-state index is 13.4. The van der Waals surface area contributed by atoms with Crippen LogP contribution in [0.5, 0.6) is 0 Å². The van der Waals surface area contributed by atoms with Crippen LogP contribution in [0.2, 0.25) is 0 Å². The number of rotatable bonds is 5. The maximum Gasteiger partial charge on any atom is 0.216 e. The lowest BCUT2D eigenvalue weighted by Gasteiger charge is -2.04. The molecule has 1 aromatic heterocycles. The average Bonchev–Trinajstić information content (AvgIpc) is 2.73. The second-order valence-corrected chi connectivity index (χ2v) is 5.26. The summed E-state index contributed by atoms with van der Waals surface area (Å²) in [5.41, 5.74) is 1.80. The van der Waals surface area contributed by atoms with Crippen molar-refractivity contribution in [3.05, 3.63) is 29.7 Å². The summed E-state index contributed by atoms with van der Waals surface area (Å²) in [6.45, 7) is 6.91. The van der Waals surface area contributed by atoms with E-state index >= 15 is 0 Å². The Hall–Kier alpha value is -1.91. The Balaban J connectivity index is 2.23. The Kier molecular flexibility index (Phi) is 4.37. The number of halogens is 1. The lowest BCUT2D eigenvalue weighted by Crippen LogP contribution is -2.22. The van der Waals surface area contributed by atoms with E-state index in [2.05, 4.69) is 24.3 Å². The molecular weight excluding hydrogens is 257 g/mol. The van der Waals surface area contributed by atoms with Crippen molar-refractivity contribution in [1.29, 1.82) is 0 Å². The number of carbonyl (C=O) groups is 1. The predicted molar refractivity (Wildman–Crippen MR) is 77.1 cm³/mol. The minimum Gasteiger partial charge on any atom is -0.356 e. The zero-order valence-corrected chi connectivity index (χ0v) is 12.1. The molecule has 0 fully saturated rings. The Labute approximate surface area is 118 Å². The smallest absolute Gasteiger partial charge is 0.216 e. The van der Waals surface area contributed by atoms with Crippen molar-refractivity contribution in [3.8, 4) is 0 Å². The van der Waals surface area contributed by atoms with Gasteiger partial charge in [0, 0.05) is 25.4 Å². The van der Waals surface area contributed by atoms with Crippen molar-refractivity contribution in [3.63, 3.8) is 0 Å². The summed E-state index contributed by atoms with van der Waals surface area (Å²) in [5.74, 6) is -0.000361. The fraction of sp³-hybridized carbons (Fsp3) is 0.467. The number of hydrogen-bond donors (Lipinski definition) is 1. The number of carbonyl (C=O) groups excluding carboxylic acids is 1. The fourth-order valence-electron chi connectivity index (χ4n) is 2.26. The van der Waals surface area contributed by atoms with Gasteiger partial charge in [-0.05, 0) is 30.5 Å². The van der Waals surface area contributed by atoms with E-state index in [1.54, 1.807) is 6.07 Å². The third kappa shape index (κ3) is 3.15. The largest absolute Gasteiger partial charge is 0.356 e. The first-order valence-electron chi connectivity index (χ1n) is 6.89. The molecule has 0 aliphatic heterocycles. The Morgan fingerprint density at radius 1 is 1.45 bits per heavy atom. The Morgan fingerprint density at radius 3 is 2.85 bits per heavy atom. The molecule has 108 valence electrons. The summed E-state index contributed by atoms with van der Waals surface area (Å²) in [4.78, 5) is 10.8. The molecule has 0 unspecified atom stereocenters. The number of amides is 1. The quantitative estimate of drug-likeness (QED) is 0.854.